The molecule has 0 saturated heterocycles. The molecule has 0 aliphatic heterocycles. The Morgan fingerprint density at radius 2 is 1.90 bits per heavy atom. The largest absolute Gasteiger partial charge is 0.489 e. The predicted octanol–water partition coefficient (Wildman–Crippen LogP) is 4.48. The van der Waals surface area contributed by atoms with Gasteiger partial charge in [-0.1, -0.05) is 38.8 Å². The van der Waals surface area contributed by atoms with Crippen LogP contribution in [0.5, 0.6) is 5.75 Å². The first kappa shape index (κ1) is 13.7. The van der Waals surface area contributed by atoms with Crippen LogP contribution in [0, 0.1) is 5.41 Å². The molecule has 108 valence electrons. The van der Waals surface area contributed by atoms with Gasteiger partial charge in [0, 0.05) is 6.42 Å². The van der Waals surface area contributed by atoms with E-state index in [1.54, 1.807) is 0 Å². The van der Waals surface area contributed by atoms with Crippen LogP contribution in [0.3, 0.4) is 0 Å². The summed E-state index contributed by atoms with van der Waals surface area (Å²) in [5, 5.41) is 0. The number of ketones is 1. The summed E-state index contributed by atoms with van der Waals surface area (Å²) in [4.78, 5) is 12.0. The van der Waals surface area contributed by atoms with Crippen molar-refractivity contribution in [2.45, 2.75) is 64.4 Å². The van der Waals surface area contributed by atoms with Crippen LogP contribution in [0.1, 0.15) is 63.9 Å². The Bertz CT molecular complexity index is 483. The Labute approximate surface area is 121 Å². The second kappa shape index (κ2) is 5.23. The number of Topliss-reactive ketones (excluding diaryl/α,β-unsaturated/α-hetero) is 1. The number of rotatable bonds is 4. The van der Waals surface area contributed by atoms with Crippen molar-refractivity contribution in [2.24, 2.45) is 5.41 Å². The van der Waals surface area contributed by atoms with Crippen LogP contribution in [0.2, 0.25) is 0 Å². The number of carbonyl (C=O) groups excluding carboxylic acids is 1. The molecule has 3 rings (SSSR count). The average Bonchev–Trinajstić information content (AvgIpc) is 2.99. The fraction of sp³-hybridized carbons (Fsp3) is 0.611. The molecule has 1 spiro atoms. The van der Waals surface area contributed by atoms with Gasteiger partial charge >= 0.3 is 0 Å². The summed E-state index contributed by atoms with van der Waals surface area (Å²) in [6.07, 6.45) is 6.29. The molecule has 2 nitrogen and oxygen atoms in total. The predicted molar refractivity (Wildman–Crippen MR) is 80.1 cm³/mol. The zero-order chi connectivity index (χ0) is 14.2. The van der Waals surface area contributed by atoms with Gasteiger partial charge in [0.1, 0.15) is 17.6 Å². The van der Waals surface area contributed by atoms with Crippen molar-refractivity contribution in [2.75, 3.05) is 0 Å². The second-order valence-electron chi connectivity index (χ2n) is 6.48. The van der Waals surface area contributed by atoms with E-state index in [4.69, 9.17) is 4.74 Å². The molecule has 0 bridgehead atoms. The lowest BCUT2D eigenvalue weighted by Crippen LogP contribution is -2.55. The lowest BCUT2D eigenvalue weighted by atomic mass is 9.63. The molecule has 2 saturated carbocycles. The van der Waals surface area contributed by atoms with E-state index in [9.17, 15) is 4.79 Å². The van der Waals surface area contributed by atoms with Crippen molar-refractivity contribution in [3.8, 4) is 5.75 Å². The van der Waals surface area contributed by atoms with E-state index >= 15 is 0 Å². The molecule has 0 N–H and O–H groups in total. The highest BCUT2D eigenvalue weighted by atomic mass is 16.5. The molecule has 1 aromatic rings. The number of benzene rings is 1. The fourth-order valence-electron chi connectivity index (χ4n) is 3.65. The monoisotopic (exact) mass is 272 g/mol. The molecule has 20 heavy (non-hydrogen) atoms. The first-order valence-corrected chi connectivity index (χ1v) is 7.95. The van der Waals surface area contributed by atoms with Gasteiger partial charge in [0.15, 0.2) is 0 Å². The number of hydrogen-bond donors (Lipinski definition) is 0. The number of hydrogen-bond acceptors (Lipinski definition) is 2. The van der Waals surface area contributed by atoms with Crippen LogP contribution < -0.4 is 4.74 Å². The Morgan fingerprint density at radius 1 is 1.25 bits per heavy atom. The van der Waals surface area contributed by atoms with Gasteiger partial charge < -0.3 is 4.74 Å². The van der Waals surface area contributed by atoms with Gasteiger partial charge in [0.25, 0.3) is 0 Å². The summed E-state index contributed by atoms with van der Waals surface area (Å²) in [5.41, 5.74) is 1.23. The lowest BCUT2D eigenvalue weighted by molar-refractivity contribution is -0.151. The zero-order valence-electron chi connectivity index (χ0n) is 12.5. The molecular formula is C18H24O2. The van der Waals surface area contributed by atoms with Crippen LogP contribution in [0.15, 0.2) is 24.3 Å². The Hall–Kier alpha value is -1.31. The third-order valence-electron chi connectivity index (χ3n) is 5.38. The van der Waals surface area contributed by atoms with E-state index in [-0.39, 0.29) is 11.5 Å². The van der Waals surface area contributed by atoms with Crippen molar-refractivity contribution in [1.82, 2.24) is 0 Å². The Kier molecular flexibility index (Phi) is 3.57. The fourth-order valence-corrected chi connectivity index (χ4v) is 3.65. The maximum Gasteiger partial charge on any atom is 0.146 e. The molecule has 0 aromatic heterocycles. The van der Waals surface area contributed by atoms with Crippen LogP contribution in [0.25, 0.3) is 0 Å². The third-order valence-corrected chi connectivity index (χ3v) is 5.38. The SMILES string of the molecule is CCC(C)c1ccc(OC2CC(=O)C23CCCC3)cc1. The maximum absolute atomic E-state index is 12.0. The summed E-state index contributed by atoms with van der Waals surface area (Å²) in [6, 6.07) is 8.44. The second-order valence-corrected chi connectivity index (χ2v) is 6.48. The van der Waals surface area contributed by atoms with Gasteiger partial charge in [-0.3, -0.25) is 4.79 Å². The van der Waals surface area contributed by atoms with Gasteiger partial charge in [-0.2, -0.15) is 0 Å². The smallest absolute Gasteiger partial charge is 0.146 e. The maximum atomic E-state index is 12.0. The Morgan fingerprint density at radius 3 is 2.45 bits per heavy atom. The molecule has 2 unspecified atom stereocenters. The van der Waals surface area contributed by atoms with Crippen LogP contribution in [-0.2, 0) is 4.79 Å². The molecule has 0 amide bonds. The molecule has 2 aliphatic carbocycles. The van der Waals surface area contributed by atoms with Gasteiger partial charge in [0.2, 0.25) is 0 Å². The zero-order valence-corrected chi connectivity index (χ0v) is 12.5. The van der Waals surface area contributed by atoms with Crippen molar-refractivity contribution in [3.05, 3.63) is 29.8 Å². The summed E-state index contributed by atoms with van der Waals surface area (Å²) < 4.78 is 6.11. The number of carbonyl (C=O) groups is 1. The van der Waals surface area contributed by atoms with E-state index in [1.807, 2.05) is 0 Å². The molecule has 0 heterocycles. The van der Waals surface area contributed by atoms with Crippen molar-refractivity contribution < 1.29 is 9.53 Å². The molecular weight excluding hydrogens is 248 g/mol. The van der Waals surface area contributed by atoms with Gasteiger partial charge in [-0.15, -0.1) is 0 Å². The highest BCUT2D eigenvalue weighted by Gasteiger charge is 2.57. The van der Waals surface area contributed by atoms with E-state index in [0.717, 1.165) is 25.0 Å². The summed E-state index contributed by atoms with van der Waals surface area (Å²) in [5.74, 6) is 1.94. The minimum atomic E-state index is -0.130. The minimum absolute atomic E-state index is 0.118. The highest BCUT2D eigenvalue weighted by molar-refractivity contribution is 5.92. The molecule has 1 aromatic carbocycles. The molecule has 0 radical (unpaired) electrons. The molecule has 2 fully saturated rings. The van der Waals surface area contributed by atoms with E-state index in [2.05, 4.69) is 38.1 Å². The summed E-state index contributed by atoms with van der Waals surface area (Å²) in [7, 11) is 0. The quantitative estimate of drug-likeness (QED) is 0.807. The highest BCUT2D eigenvalue weighted by Crippen LogP contribution is 2.51. The third kappa shape index (κ3) is 2.15. The van der Waals surface area contributed by atoms with Gasteiger partial charge in [0.05, 0.1) is 5.41 Å². The van der Waals surface area contributed by atoms with Gasteiger partial charge in [-0.05, 0) is 42.9 Å². The van der Waals surface area contributed by atoms with E-state index < -0.39 is 0 Å². The standard InChI is InChI=1S/C18H24O2/c1-3-13(2)14-6-8-15(9-7-14)20-17-12-16(19)18(17)10-4-5-11-18/h6-9,13,17H,3-5,10-12H2,1-2H3. The van der Waals surface area contributed by atoms with Crippen molar-refractivity contribution in [1.29, 1.82) is 0 Å². The summed E-state index contributed by atoms with van der Waals surface area (Å²) in [6.45, 7) is 4.45. The first-order valence-electron chi connectivity index (χ1n) is 7.95. The van der Waals surface area contributed by atoms with Crippen LogP contribution >= 0.6 is 0 Å². The topological polar surface area (TPSA) is 26.3 Å². The van der Waals surface area contributed by atoms with E-state index in [1.165, 1.54) is 18.4 Å². The molecule has 2 atom stereocenters. The van der Waals surface area contributed by atoms with Crippen LogP contribution in [0.4, 0.5) is 0 Å². The molecule has 2 aliphatic rings. The normalized spacial score (nSPS) is 25.5. The Balaban J connectivity index is 1.68. The minimum Gasteiger partial charge on any atom is -0.489 e. The summed E-state index contributed by atoms with van der Waals surface area (Å²) >= 11 is 0. The molecule has 2 heteroatoms. The first-order chi connectivity index (χ1) is 9.65. The number of ether oxygens (including phenoxy) is 1. The van der Waals surface area contributed by atoms with Crippen LogP contribution in [-0.4, -0.2) is 11.9 Å². The van der Waals surface area contributed by atoms with E-state index in [0.29, 0.717) is 18.1 Å². The van der Waals surface area contributed by atoms with Gasteiger partial charge in [-0.25, -0.2) is 0 Å². The van der Waals surface area contributed by atoms with Crippen molar-refractivity contribution in [3.63, 3.8) is 0 Å². The average molecular weight is 272 g/mol. The van der Waals surface area contributed by atoms with Crippen molar-refractivity contribution >= 4 is 5.78 Å². The lowest BCUT2D eigenvalue weighted by Gasteiger charge is -2.44.